The minimum atomic E-state index is -0.117. The molecule has 2 rings (SSSR count). The van der Waals surface area contributed by atoms with Gasteiger partial charge in [-0.3, -0.25) is 9.78 Å². The number of hydrogen-bond acceptors (Lipinski definition) is 3. The second-order valence-corrected chi connectivity index (χ2v) is 4.47. The Morgan fingerprint density at radius 2 is 2.14 bits per heavy atom. The summed E-state index contributed by atoms with van der Waals surface area (Å²) < 4.78 is 5.27. The fourth-order valence-corrected chi connectivity index (χ4v) is 1.94. The SMILES string of the molecule is COc1ccccc1CCNC(=O)C=Cc1cccnc1. The van der Waals surface area contributed by atoms with E-state index < -0.39 is 0 Å². The van der Waals surface area contributed by atoms with Crippen molar-refractivity contribution in [1.29, 1.82) is 0 Å². The van der Waals surface area contributed by atoms with Crippen LogP contribution < -0.4 is 10.1 Å². The molecule has 4 heteroatoms. The molecule has 2 aromatic rings. The lowest BCUT2D eigenvalue weighted by Crippen LogP contribution is -2.23. The van der Waals surface area contributed by atoms with Gasteiger partial charge in [-0.2, -0.15) is 0 Å². The number of methoxy groups -OCH3 is 1. The molecule has 1 heterocycles. The Bertz CT molecular complexity index is 609. The number of nitrogens with one attached hydrogen (secondary N) is 1. The van der Waals surface area contributed by atoms with Gasteiger partial charge in [0.2, 0.25) is 5.91 Å². The molecular weight excluding hydrogens is 264 g/mol. The average molecular weight is 282 g/mol. The molecule has 21 heavy (non-hydrogen) atoms. The van der Waals surface area contributed by atoms with Gasteiger partial charge >= 0.3 is 0 Å². The van der Waals surface area contributed by atoms with Gasteiger partial charge in [-0.15, -0.1) is 0 Å². The highest BCUT2D eigenvalue weighted by molar-refractivity contribution is 5.91. The van der Waals surface area contributed by atoms with E-state index in [9.17, 15) is 4.79 Å². The van der Waals surface area contributed by atoms with Crippen LogP contribution in [0.1, 0.15) is 11.1 Å². The number of benzene rings is 1. The monoisotopic (exact) mass is 282 g/mol. The molecule has 0 aliphatic rings. The van der Waals surface area contributed by atoms with Gasteiger partial charge in [-0.25, -0.2) is 0 Å². The summed E-state index contributed by atoms with van der Waals surface area (Å²) >= 11 is 0. The van der Waals surface area contributed by atoms with Gasteiger partial charge in [0.25, 0.3) is 0 Å². The number of nitrogens with zero attached hydrogens (tertiary/aromatic N) is 1. The van der Waals surface area contributed by atoms with E-state index in [0.717, 1.165) is 23.3 Å². The zero-order valence-corrected chi connectivity index (χ0v) is 12.0. The molecule has 0 aliphatic heterocycles. The summed E-state index contributed by atoms with van der Waals surface area (Å²) in [7, 11) is 1.65. The molecule has 0 spiro atoms. The summed E-state index contributed by atoms with van der Waals surface area (Å²) in [4.78, 5) is 15.7. The zero-order valence-electron chi connectivity index (χ0n) is 12.0. The molecule has 1 aromatic carbocycles. The Morgan fingerprint density at radius 1 is 1.29 bits per heavy atom. The molecule has 0 atom stereocenters. The lowest BCUT2D eigenvalue weighted by atomic mass is 10.1. The van der Waals surface area contributed by atoms with Gasteiger partial charge in [0, 0.05) is 25.0 Å². The van der Waals surface area contributed by atoms with Gasteiger partial charge < -0.3 is 10.1 Å². The first-order valence-electron chi connectivity index (χ1n) is 6.77. The third-order valence-electron chi connectivity index (χ3n) is 3.00. The van der Waals surface area contributed by atoms with Crippen LogP contribution in [0.3, 0.4) is 0 Å². The quantitative estimate of drug-likeness (QED) is 0.828. The maximum absolute atomic E-state index is 11.7. The molecule has 1 amide bonds. The third-order valence-corrected chi connectivity index (χ3v) is 3.00. The summed E-state index contributed by atoms with van der Waals surface area (Å²) in [6.45, 7) is 0.566. The van der Waals surface area contributed by atoms with Crippen molar-refractivity contribution in [2.75, 3.05) is 13.7 Å². The van der Waals surface area contributed by atoms with E-state index in [2.05, 4.69) is 10.3 Å². The number of carbonyl (C=O) groups is 1. The standard InChI is InChI=1S/C17H18N2O2/c1-21-16-7-3-2-6-15(16)10-12-19-17(20)9-8-14-5-4-11-18-13-14/h2-9,11,13H,10,12H2,1H3,(H,19,20). The highest BCUT2D eigenvalue weighted by Gasteiger charge is 2.02. The van der Waals surface area contributed by atoms with E-state index in [1.54, 1.807) is 25.6 Å². The number of para-hydroxylation sites is 1. The molecule has 0 saturated heterocycles. The Labute approximate surface area is 124 Å². The topological polar surface area (TPSA) is 51.2 Å². The number of pyridine rings is 1. The Kier molecular flexibility index (Phi) is 5.52. The van der Waals surface area contributed by atoms with Crippen LogP contribution in [0.15, 0.2) is 54.9 Å². The van der Waals surface area contributed by atoms with Crippen LogP contribution in [0.5, 0.6) is 5.75 Å². The molecule has 0 radical (unpaired) electrons. The second kappa shape index (κ2) is 7.85. The molecule has 1 aromatic heterocycles. The van der Waals surface area contributed by atoms with Crippen molar-refractivity contribution in [2.45, 2.75) is 6.42 Å². The fraction of sp³-hybridized carbons (Fsp3) is 0.176. The van der Waals surface area contributed by atoms with Crippen molar-refractivity contribution < 1.29 is 9.53 Å². The summed E-state index contributed by atoms with van der Waals surface area (Å²) in [6.07, 6.45) is 7.39. The number of amides is 1. The number of carbonyl (C=O) groups excluding carboxylic acids is 1. The molecular formula is C17H18N2O2. The van der Waals surface area contributed by atoms with E-state index >= 15 is 0 Å². The minimum Gasteiger partial charge on any atom is -0.496 e. The average Bonchev–Trinajstić information content (AvgIpc) is 2.54. The van der Waals surface area contributed by atoms with E-state index in [0.29, 0.717) is 6.54 Å². The highest BCUT2D eigenvalue weighted by Crippen LogP contribution is 2.17. The van der Waals surface area contributed by atoms with Gasteiger partial charge in [0.1, 0.15) is 5.75 Å². The molecule has 4 nitrogen and oxygen atoms in total. The van der Waals surface area contributed by atoms with Gasteiger partial charge in [0.15, 0.2) is 0 Å². The first-order valence-corrected chi connectivity index (χ1v) is 6.77. The van der Waals surface area contributed by atoms with Gasteiger partial charge in [0.05, 0.1) is 7.11 Å². The summed E-state index contributed by atoms with van der Waals surface area (Å²) in [6, 6.07) is 11.5. The van der Waals surface area contributed by atoms with Crippen LogP contribution in [-0.2, 0) is 11.2 Å². The normalized spacial score (nSPS) is 10.5. The number of aromatic nitrogens is 1. The zero-order chi connectivity index (χ0) is 14.9. The van der Waals surface area contributed by atoms with Gasteiger partial charge in [-0.1, -0.05) is 24.3 Å². The lowest BCUT2D eigenvalue weighted by Gasteiger charge is -2.08. The van der Waals surface area contributed by atoms with E-state index in [1.165, 1.54) is 6.08 Å². The first kappa shape index (κ1) is 14.8. The van der Waals surface area contributed by atoms with Crippen molar-refractivity contribution >= 4 is 12.0 Å². The lowest BCUT2D eigenvalue weighted by molar-refractivity contribution is -0.116. The van der Waals surface area contributed by atoms with Crippen LogP contribution in [-0.4, -0.2) is 24.5 Å². The second-order valence-electron chi connectivity index (χ2n) is 4.47. The van der Waals surface area contributed by atoms with Crippen molar-refractivity contribution in [1.82, 2.24) is 10.3 Å². The largest absolute Gasteiger partial charge is 0.496 e. The van der Waals surface area contributed by atoms with Crippen molar-refractivity contribution in [3.05, 3.63) is 66.0 Å². The Hall–Kier alpha value is -2.62. The Balaban J connectivity index is 1.81. The molecule has 0 bridgehead atoms. The summed E-state index contributed by atoms with van der Waals surface area (Å²) in [5, 5.41) is 2.85. The van der Waals surface area contributed by atoms with Gasteiger partial charge in [-0.05, 0) is 35.8 Å². The Morgan fingerprint density at radius 3 is 2.90 bits per heavy atom. The molecule has 0 unspecified atom stereocenters. The summed E-state index contributed by atoms with van der Waals surface area (Å²) in [5.41, 5.74) is 1.98. The van der Waals surface area contributed by atoms with Crippen molar-refractivity contribution in [2.24, 2.45) is 0 Å². The predicted molar refractivity (Wildman–Crippen MR) is 83.0 cm³/mol. The molecule has 108 valence electrons. The van der Waals surface area contributed by atoms with E-state index in [4.69, 9.17) is 4.74 Å². The molecule has 1 N–H and O–H groups in total. The summed E-state index contributed by atoms with van der Waals surface area (Å²) in [5.74, 6) is 0.728. The first-order chi connectivity index (χ1) is 10.3. The maximum Gasteiger partial charge on any atom is 0.244 e. The number of ether oxygens (including phenoxy) is 1. The number of rotatable bonds is 6. The maximum atomic E-state index is 11.7. The number of hydrogen-bond donors (Lipinski definition) is 1. The van der Waals surface area contributed by atoms with Crippen LogP contribution in [0.2, 0.25) is 0 Å². The van der Waals surface area contributed by atoms with E-state index in [-0.39, 0.29) is 5.91 Å². The third kappa shape index (κ3) is 4.76. The predicted octanol–water partition coefficient (Wildman–Crippen LogP) is 2.46. The minimum absolute atomic E-state index is 0.117. The van der Waals surface area contributed by atoms with Crippen molar-refractivity contribution in [3.63, 3.8) is 0 Å². The molecule has 0 aliphatic carbocycles. The molecule has 0 saturated carbocycles. The van der Waals surface area contributed by atoms with Crippen LogP contribution in [0.4, 0.5) is 0 Å². The highest BCUT2D eigenvalue weighted by atomic mass is 16.5. The smallest absolute Gasteiger partial charge is 0.244 e. The van der Waals surface area contributed by atoms with Crippen LogP contribution in [0, 0.1) is 0 Å². The van der Waals surface area contributed by atoms with Crippen LogP contribution >= 0.6 is 0 Å². The van der Waals surface area contributed by atoms with Crippen molar-refractivity contribution in [3.8, 4) is 5.75 Å². The molecule has 0 fully saturated rings. The van der Waals surface area contributed by atoms with Crippen LogP contribution in [0.25, 0.3) is 6.08 Å². The van der Waals surface area contributed by atoms with E-state index in [1.807, 2.05) is 36.4 Å². The fourth-order valence-electron chi connectivity index (χ4n) is 1.94.